The van der Waals surface area contributed by atoms with Crippen LogP contribution in [0.5, 0.6) is 0 Å². The number of hydrogen-bond donors (Lipinski definition) is 1. The predicted molar refractivity (Wildman–Crippen MR) is 85.2 cm³/mol. The van der Waals surface area contributed by atoms with Crippen LogP contribution in [-0.4, -0.2) is 31.1 Å². The summed E-state index contributed by atoms with van der Waals surface area (Å²) in [4.78, 5) is 2.17. The van der Waals surface area contributed by atoms with E-state index in [1.54, 1.807) is 6.07 Å². The molecule has 1 heterocycles. The van der Waals surface area contributed by atoms with E-state index in [4.69, 9.17) is 0 Å². The van der Waals surface area contributed by atoms with Crippen molar-refractivity contribution in [3.8, 4) is 0 Å². The average molecular weight is 344 g/mol. The normalized spacial score (nSPS) is 22.5. The maximum Gasteiger partial charge on any atom is 0.419 e. The molecular weight excluding hydrogens is 320 g/mol. The van der Waals surface area contributed by atoms with Gasteiger partial charge in [0.15, 0.2) is 0 Å². The van der Waals surface area contributed by atoms with Crippen molar-refractivity contribution >= 4 is 0 Å². The molecule has 24 heavy (non-hydrogen) atoms. The van der Waals surface area contributed by atoms with Gasteiger partial charge in [0.05, 0.1) is 5.56 Å². The van der Waals surface area contributed by atoms with E-state index in [0.29, 0.717) is 0 Å². The van der Waals surface area contributed by atoms with E-state index in [1.165, 1.54) is 6.07 Å². The van der Waals surface area contributed by atoms with Crippen LogP contribution in [-0.2, 0) is 6.18 Å². The predicted octanol–water partition coefficient (Wildman–Crippen LogP) is 4.37. The summed E-state index contributed by atoms with van der Waals surface area (Å²) >= 11 is 0. The summed E-state index contributed by atoms with van der Waals surface area (Å²) in [6.45, 7) is 3.08. The van der Waals surface area contributed by atoms with Crippen LogP contribution in [0.1, 0.15) is 49.3 Å². The molecule has 2 fully saturated rings. The van der Waals surface area contributed by atoms with Crippen molar-refractivity contribution in [1.29, 1.82) is 0 Å². The maximum absolute atomic E-state index is 14.8. The van der Waals surface area contributed by atoms with Gasteiger partial charge in [0.1, 0.15) is 5.82 Å². The van der Waals surface area contributed by atoms with Crippen LogP contribution >= 0.6 is 0 Å². The summed E-state index contributed by atoms with van der Waals surface area (Å²) < 4.78 is 54.1. The molecule has 6 heteroatoms. The van der Waals surface area contributed by atoms with Crippen molar-refractivity contribution in [3.63, 3.8) is 0 Å². The Kier molecular flexibility index (Phi) is 5.45. The lowest BCUT2D eigenvalue weighted by Gasteiger charge is -2.41. The Morgan fingerprint density at radius 2 is 1.71 bits per heavy atom. The zero-order valence-electron chi connectivity index (χ0n) is 13.7. The van der Waals surface area contributed by atoms with Crippen LogP contribution in [0.15, 0.2) is 18.2 Å². The molecule has 0 aromatic heterocycles. The highest BCUT2D eigenvalue weighted by Gasteiger charge is 2.38. The fraction of sp³-hybridized carbons (Fsp3) is 0.667. The SMILES string of the molecule is Fc1c([C@H](C2CCCCC2)N2CCNCC2)cccc1C(F)(F)F. The third-order valence-corrected chi connectivity index (χ3v) is 5.29. The Morgan fingerprint density at radius 3 is 2.33 bits per heavy atom. The lowest BCUT2D eigenvalue weighted by molar-refractivity contribution is -0.140. The standard InChI is InChI=1S/C18H24F4N2/c19-16-14(7-4-8-15(16)18(20,21)22)17(13-5-2-1-3-6-13)24-11-9-23-10-12-24/h4,7-8,13,17,23H,1-3,5-6,9-12H2/t17-/m0/s1. The fourth-order valence-electron chi connectivity index (χ4n) is 4.16. The van der Waals surface area contributed by atoms with Crippen LogP contribution in [0.25, 0.3) is 0 Å². The lowest BCUT2D eigenvalue weighted by Crippen LogP contribution is -2.47. The Balaban J connectivity index is 1.98. The molecule has 1 saturated carbocycles. The summed E-state index contributed by atoms with van der Waals surface area (Å²) in [6.07, 6.45) is 0.590. The highest BCUT2D eigenvalue weighted by molar-refractivity contribution is 5.31. The minimum atomic E-state index is -4.65. The van der Waals surface area contributed by atoms with Crippen molar-refractivity contribution in [2.24, 2.45) is 5.92 Å². The Hall–Kier alpha value is -1.14. The molecular formula is C18H24F4N2. The highest BCUT2D eigenvalue weighted by atomic mass is 19.4. The lowest BCUT2D eigenvalue weighted by atomic mass is 9.79. The van der Waals surface area contributed by atoms with E-state index >= 15 is 0 Å². The third-order valence-electron chi connectivity index (χ3n) is 5.29. The smallest absolute Gasteiger partial charge is 0.314 e. The topological polar surface area (TPSA) is 15.3 Å². The molecule has 1 N–H and O–H groups in total. The van der Waals surface area contributed by atoms with E-state index in [-0.39, 0.29) is 17.5 Å². The molecule has 0 unspecified atom stereocenters. The van der Waals surface area contributed by atoms with Gasteiger partial charge in [0.2, 0.25) is 0 Å². The molecule has 1 atom stereocenters. The van der Waals surface area contributed by atoms with Crippen LogP contribution in [0.2, 0.25) is 0 Å². The first kappa shape index (κ1) is 17.7. The molecule has 1 saturated heterocycles. The van der Waals surface area contributed by atoms with Crippen molar-refractivity contribution in [2.75, 3.05) is 26.2 Å². The zero-order valence-corrected chi connectivity index (χ0v) is 13.7. The summed E-state index contributed by atoms with van der Waals surface area (Å²) in [5.41, 5.74) is -0.922. The van der Waals surface area contributed by atoms with Gasteiger partial charge in [0.25, 0.3) is 0 Å². The zero-order chi connectivity index (χ0) is 17.2. The van der Waals surface area contributed by atoms with Gasteiger partial charge in [-0.1, -0.05) is 31.4 Å². The Bertz CT molecular complexity index is 528. The number of rotatable bonds is 3. The Labute approximate surface area is 140 Å². The monoisotopic (exact) mass is 344 g/mol. The summed E-state index contributed by atoms with van der Waals surface area (Å²) in [6, 6.07) is 3.48. The summed E-state index contributed by atoms with van der Waals surface area (Å²) in [5, 5.41) is 3.26. The molecule has 1 aromatic rings. The van der Waals surface area contributed by atoms with Crippen molar-refractivity contribution in [3.05, 3.63) is 35.1 Å². The summed E-state index contributed by atoms with van der Waals surface area (Å²) in [7, 11) is 0. The van der Waals surface area contributed by atoms with Gasteiger partial charge in [0, 0.05) is 37.8 Å². The molecule has 0 amide bonds. The first-order valence-corrected chi connectivity index (χ1v) is 8.79. The van der Waals surface area contributed by atoms with Crippen molar-refractivity contribution in [1.82, 2.24) is 10.2 Å². The number of nitrogens with one attached hydrogen (secondary N) is 1. The molecule has 2 nitrogen and oxygen atoms in total. The number of benzene rings is 1. The van der Waals surface area contributed by atoms with Crippen molar-refractivity contribution in [2.45, 2.75) is 44.3 Å². The van der Waals surface area contributed by atoms with Gasteiger partial charge in [-0.15, -0.1) is 0 Å². The Morgan fingerprint density at radius 1 is 1.04 bits per heavy atom. The second kappa shape index (κ2) is 7.40. The summed E-state index contributed by atoms with van der Waals surface area (Å²) in [5.74, 6) is -0.853. The second-order valence-corrected chi connectivity index (χ2v) is 6.84. The number of halogens is 4. The van der Waals surface area contributed by atoms with E-state index in [2.05, 4.69) is 10.2 Å². The van der Waals surface area contributed by atoms with Crippen molar-refractivity contribution < 1.29 is 17.6 Å². The first-order chi connectivity index (χ1) is 11.5. The molecule has 2 aliphatic rings. The molecule has 1 aliphatic heterocycles. The third kappa shape index (κ3) is 3.75. The molecule has 0 spiro atoms. The number of alkyl halides is 3. The van der Waals surface area contributed by atoms with Gasteiger partial charge in [-0.2, -0.15) is 13.2 Å². The molecule has 3 rings (SSSR count). The van der Waals surface area contributed by atoms with Crippen LogP contribution < -0.4 is 5.32 Å². The number of nitrogens with zero attached hydrogens (tertiary/aromatic N) is 1. The van der Waals surface area contributed by atoms with E-state index < -0.39 is 17.6 Å². The van der Waals surface area contributed by atoms with Crippen LogP contribution in [0.4, 0.5) is 17.6 Å². The number of hydrogen-bond acceptors (Lipinski definition) is 2. The first-order valence-electron chi connectivity index (χ1n) is 8.79. The average Bonchev–Trinajstić information content (AvgIpc) is 2.58. The van der Waals surface area contributed by atoms with Gasteiger partial charge >= 0.3 is 6.18 Å². The maximum atomic E-state index is 14.8. The van der Waals surface area contributed by atoms with Gasteiger partial charge in [-0.25, -0.2) is 4.39 Å². The molecule has 1 aliphatic carbocycles. The van der Waals surface area contributed by atoms with Gasteiger partial charge < -0.3 is 5.32 Å². The molecule has 0 bridgehead atoms. The second-order valence-electron chi connectivity index (χ2n) is 6.84. The van der Waals surface area contributed by atoms with E-state index in [1.807, 2.05) is 0 Å². The van der Waals surface area contributed by atoms with E-state index in [0.717, 1.165) is 64.3 Å². The molecule has 1 aromatic carbocycles. The minimum absolute atomic E-state index is 0.221. The highest BCUT2D eigenvalue weighted by Crippen LogP contribution is 2.42. The largest absolute Gasteiger partial charge is 0.419 e. The number of piperazine rings is 1. The van der Waals surface area contributed by atoms with Gasteiger partial charge in [-0.05, 0) is 24.8 Å². The quantitative estimate of drug-likeness (QED) is 0.819. The van der Waals surface area contributed by atoms with E-state index in [9.17, 15) is 17.6 Å². The van der Waals surface area contributed by atoms with Crippen LogP contribution in [0.3, 0.4) is 0 Å². The minimum Gasteiger partial charge on any atom is -0.314 e. The molecule has 0 radical (unpaired) electrons. The van der Waals surface area contributed by atoms with Crippen LogP contribution in [0, 0.1) is 11.7 Å². The molecule has 134 valence electrons. The fourth-order valence-corrected chi connectivity index (χ4v) is 4.16. The van der Waals surface area contributed by atoms with Gasteiger partial charge in [-0.3, -0.25) is 4.90 Å².